The molecule has 0 aliphatic carbocycles. The smallest absolute Gasteiger partial charge is 0.255 e. The first kappa shape index (κ1) is 20.1. The van der Waals surface area contributed by atoms with E-state index in [2.05, 4.69) is 5.32 Å². The molecule has 1 N–H and O–H groups in total. The first-order valence-corrected chi connectivity index (χ1v) is 11.1. The molecule has 2 aromatic rings. The number of benzene rings is 2. The molecule has 0 saturated carbocycles. The van der Waals surface area contributed by atoms with Gasteiger partial charge in [0, 0.05) is 18.7 Å². The Hall–Kier alpha value is -1.60. The molecule has 0 spiro atoms. The van der Waals surface area contributed by atoms with Crippen molar-refractivity contribution in [1.82, 2.24) is 4.31 Å². The zero-order chi connectivity index (χ0) is 19.4. The summed E-state index contributed by atoms with van der Waals surface area (Å²) in [4.78, 5) is 12.4. The molecular formula is C19H20Cl2N2O3S. The normalized spacial score (nSPS) is 15.5. The maximum Gasteiger partial charge on any atom is 0.255 e. The van der Waals surface area contributed by atoms with E-state index >= 15 is 0 Å². The van der Waals surface area contributed by atoms with Crippen molar-refractivity contribution < 1.29 is 13.2 Å². The van der Waals surface area contributed by atoms with Crippen molar-refractivity contribution >= 4 is 44.8 Å². The summed E-state index contributed by atoms with van der Waals surface area (Å²) in [5.74, 6) is -0.430. The van der Waals surface area contributed by atoms with Crippen molar-refractivity contribution in [3.05, 3.63) is 63.6 Å². The highest BCUT2D eigenvalue weighted by atomic mass is 35.5. The third-order valence-electron chi connectivity index (χ3n) is 4.47. The van der Waals surface area contributed by atoms with Gasteiger partial charge in [-0.2, -0.15) is 0 Å². The van der Waals surface area contributed by atoms with Crippen LogP contribution in [0.2, 0.25) is 10.0 Å². The Kier molecular flexibility index (Phi) is 6.42. The summed E-state index contributed by atoms with van der Waals surface area (Å²) in [5, 5.41) is 3.38. The van der Waals surface area contributed by atoms with Crippen molar-refractivity contribution in [2.75, 3.05) is 18.4 Å². The van der Waals surface area contributed by atoms with Crippen LogP contribution >= 0.6 is 23.2 Å². The van der Waals surface area contributed by atoms with Gasteiger partial charge in [-0.05, 0) is 42.7 Å². The van der Waals surface area contributed by atoms with Crippen LogP contribution in [0.25, 0.3) is 0 Å². The van der Waals surface area contributed by atoms with E-state index in [9.17, 15) is 13.2 Å². The average Bonchev–Trinajstić information content (AvgIpc) is 2.66. The molecule has 1 saturated heterocycles. The number of hydrogen-bond acceptors (Lipinski definition) is 3. The van der Waals surface area contributed by atoms with E-state index in [1.807, 2.05) is 0 Å². The summed E-state index contributed by atoms with van der Waals surface area (Å²) < 4.78 is 26.6. The number of rotatable bonds is 5. The monoisotopic (exact) mass is 426 g/mol. The number of carbonyl (C=O) groups is 1. The predicted octanol–water partition coefficient (Wildman–Crippen LogP) is 4.56. The van der Waals surface area contributed by atoms with Crippen LogP contribution in [0.1, 0.15) is 35.2 Å². The number of nitrogens with one attached hydrogen (secondary N) is 1. The zero-order valence-corrected chi connectivity index (χ0v) is 16.9. The van der Waals surface area contributed by atoms with Gasteiger partial charge in [0.2, 0.25) is 10.0 Å². The van der Waals surface area contributed by atoms with E-state index in [0.29, 0.717) is 39.9 Å². The second-order valence-corrected chi connectivity index (χ2v) is 9.25. The molecule has 144 valence electrons. The van der Waals surface area contributed by atoms with E-state index in [1.54, 1.807) is 46.8 Å². The largest absolute Gasteiger partial charge is 0.319 e. The third kappa shape index (κ3) is 5.02. The minimum absolute atomic E-state index is 0.0642. The van der Waals surface area contributed by atoms with E-state index in [0.717, 1.165) is 19.3 Å². The van der Waals surface area contributed by atoms with Gasteiger partial charge in [-0.1, -0.05) is 47.8 Å². The van der Waals surface area contributed by atoms with Crippen LogP contribution in [0.4, 0.5) is 5.69 Å². The van der Waals surface area contributed by atoms with Gasteiger partial charge in [0.1, 0.15) is 0 Å². The molecule has 1 aliphatic heterocycles. The van der Waals surface area contributed by atoms with Crippen molar-refractivity contribution in [2.24, 2.45) is 0 Å². The van der Waals surface area contributed by atoms with Crippen molar-refractivity contribution in [3.8, 4) is 0 Å². The zero-order valence-electron chi connectivity index (χ0n) is 14.6. The Labute approximate surface area is 169 Å². The van der Waals surface area contributed by atoms with Crippen LogP contribution in [0, 0.1) is 0 Å². The van der Waals surface area contributed by atoms with Gasteiger partial charge in [-0.3, -0.25) is 4.79 Å². The van der Waals surface area contributed by atoms with Crippen LogP contribution in [0.15, 0.2) is 42.5 Å². The Morgan fingerprint density at radius 2 is 1.56 bits per heavy atom. The molecule has 0 aromatic heterocycles. The number of carbonyl (C=O) groups excluding carboxylic acids is 1. The van der Waals surface area contributed by atoms with Crippen molar-refractivity contribution in [3.63, 3.8) is 0 Å². The van der Waals surface area contributed by atoms with E-state index < -0.39 is 10.0 Å². The quantitative estimate of drug-likeness (QED) is 0.761. The molecule has 1 fully saturated rings. The van der Waals surface area contributed by atoms with Crippen LogP contribution in [0.3, 0.4) is 0 Å². The summed E-state index contributed by atoms with van der Waals surface area (Å²) in [6.45, 7) is 1.17. The fraction of sp³-hybridized carbons (Fsp3) is 0.316. The molecule has 1 amide bonds. The fourth-order valence-electron chi connectivity index (χ4n) is 3.00. The molecule has 0 unspecified atom stereocenters. The number of nitrogens with zero attached hydrogens (tertiary/aromatic N) is 1. The third-order valence-corrected chi connectivity index (χ3v) is 6.95. The van der Waals surface area contributed by atoms with Crippen LogP contribution in [-0.2, 0) is 15.8 Å². The first-order valence-electron chi connectivity index (χ1n) is 8.69. The molecule has 8 heteroatoms. The molecule has 27 heavy (non-hydrogen) atoms. The number of piperidine rings is 1. The highest BCUT2D eigenvalue weighted by molar-refractivity contribution is 7.88. The number of amides is 1. The highest BCUT2D eigenvalue weighted by Gasteiger charge is 2.24. The summed E-state index contributed by atoms with van der Waals surface area (Å²) >= 11 is 12.1. The second kappa shape index (κ2) is 8.61. The molecular weight excluding hydrogens is 407 g/mol. The maximum absolute atomic E-state index is 12.5. The Bertz CT molecular complexity index is 904. The Balaban J connectivity index is 1.68. The number of hydrogen-bond donors (Lipinski definition) is 1. The van der Waals surface area contributed by atoms with Gasteiger partial charge in [0.25, 0.3) is 5.91 Å². The molecule has 0 atom stereocenters. The van der Waals surface area contributed by atoms with E-state index in [-0.39, 0.29) is 11.7 Å². The molecule has 5 nitrogen and oxygen atoms in total. The number of halogens is 2. The number of sulfonamides is 1. The highest BCUT2D eigenvalue weighted by Crippen LogP contribution is 2.30. The lowest BCUT2D eigenvalue weighted by atomic mass is 10.1. The Morgan fingerprint density at radius 3 is 2.15 bits per heavy atom. The minimum Gasteiger partial charge on any atom is -0.319 e. The maximum atomic E-state index is 12.5. The van der Waals surface area contributed by atoms with Gasteiger partial charge >= 0.3 is 0 Å². The lowest BCUT2D eigenvalue weighted by molar-refractivity contribution is 0.102. The van der Waals surface area contributed by atoms with Crippen LogP contribution < -0.4 is 5.32 Å². The SMILES string of the molecule is O=C(Nc1c(Cl)cccc1Cl)c1ccc(CS(=O)(=O)N2CCCCC2)cc1. The summed E-state index contributed by atoms with van der Waals surface area (Å²) in [7, 11) is -3.33. The van der Waals surface area contributed by atoms with Crippen LogP contribution in [0.5, 0.6) is 0 Å². The average molecular weight is 427 g/mol. The minimum atomic E-state index is -3.33. The first-order chi connectivity index (χ1) is 12.9. The summed E-state index contributed by atoms with van der Waals surface area (Å²) in [6.07, 6.45) is 2.89. The molecule has 2 aromatic carbocycles. The van der Waals surface area contributed by atoms with Gasteiger partial charge in [0.15, 0.2) is 0 Å². The summed E-state index contributed by atoms with van der Waals surface area (Å²) in [5.41, 5.74) is 1.39. The fourth-order valence-corrected chi connectivity index (χ4v) is 5.10. The van der Waals surface area contributed by atoms with Gasteiger partial charge < -0.3 is 5.32 Å². The number of anilines is 1. The van der Waals surface area contributed by atoms with Gasteiger partial charge in [-0.25, -0.2) is 12.7 Å². The van der Waals surface area contributed by atoms with Crippen molar-refractivity contribution in [1.29, 1.82) is 0 Å². The topological polar surface area (TPSA) is 66.5 Å². The van der Waals surface area contributed by atoms with Gasteiger partial charge in [-0.15, -0.1) is 0 Å². The molecule has 3 rings (SSSR count). The van der Waals surface area contributed by atoms with Crippen LogP contribution in [-0.4, -0.2) is 31.7 Å². The standard InChI is InChI=1S/C19H20Cl2N2O3S/c20-16-5-4-6-17(21)18(16)22-19(24)15-9-7-14(8-10-15)13-27(25,26)23-11-2-1-3-12-23/h4-10H,1-3,11-13H2,(H,22,24). The van der Waals surface area contributed by atoms with Crippen molar-refractivity contribution in [2.45, 2.75) is 25.0 Å². The lowest BCUT2D eigenvalue weighted by Crippen LogP contribution is -2.36. The Morgan fingerprint density at radius 1 is 0.963 bits per heavy atom. The molecule has 1 heterocycles. The lowest BCUT2D eigenvalue weighted by Gasteiger charge is -2.25. The van der Waals surface area contributed by atoms with Gasteiger partial charge in [0.05, 0.1) is 21.5 Å². The molecule has 1 aliphatic rings. The van der Waals surface area contributed by atoms with E-state index in [1.165, 1.54) is 0 Å². The number of para-hydroxylation sites is 1. The second-order valence-electron chi connectivity index (χ2n) is 6.46. The molecule has 0 bridgehead atoms. The predicted molar refractivity (Wildman–Crippen MR) is 109 cm³/mol. The van der Waals surface area contributed by atoms with E-state index in [4.69, 9.17) is 23.2 Å². The summed E-state index contributed by atoms with van der Waals surface area (Å²) in [6, 6.07) is 11.5. The molecule has 0 radical (unpaired) electrons.